The number of carbonyl (C=O) groups excluding carboxylic acids is 2. The summed E-state index contributed by atoms with van der Waals surface area (Å²) in [6.45, 7) is 6.12. The van der Waals surface area contributed by atoms with E-state index < -0.39 is 6.04 Å². The number of hydrogen-bond acceptors (Lipinski definition) is 6. The van der Waals surface area contributed by atoms with Crippen molar-refractivity contribution in [2.75, 3.05) is 18.6 Å². The minimum Gasteiger partial charge on any atom is -0.497 e. The summed E-state index contributed by atoms with van der Waals surface area (Å²) in [4.78, 5) is 28.7. The summed E-state index contributed by atoms with van der Waals surface area (Å²) in [5.74, 6) is 0.323. The van der Waals surface area contributed by atoms with Crippen molar-refractivity contribution in [2.45, 2.75) is 39.8 Å². The number of aromatic nitrogens is 4. The second-order valence-electron chi connectivity index (χ2n) is 8.26. The van der Waals surface area contributed by atoms with Crippen LogP contribution in [-0.2, 0) is 16.1 Å². The molecule has 0 unspecified atom stereocenters. The smallest absolute Gasteiger partial charge is 0.251 e. The molecule has 3 rings (SSSR count). The molecule has 2 aromatic carbocycles. The number of halogens is 1. The molecule has 0 aliphatic heterocycles. The fourth-order valence-electron chi connectivity index (χ4n) is 3.30. The van der Waals surface area contributed by atoms with Crippen molar-refractivity contribution in [3.8, 4) is 17.1 Å². The highest BCUT2D eigenvalue weighted by Crippen LogP contribution is 2.22. The molecule has 10 heteroatoms. The van der Waals surface area contributed by atoms with Crippen LogP contribution in [0.4, 0.5) is 10.1 Å². The predicted molar refractivity (Wildman–Crippen MR) is 126 cm³/mol. The Hall–Kier alpha value is -3.82. The zero-order chi connectivity index (χ0) is 24.7. The summed E-state index contributed by atoms with van der Waals surface area (Å²) in [5, 5.41) is 15.0. The molecule has 34 heavy (non-hydrogen) atoms. The number of benzene rings is 2. The molecule has 1 aromatic heterocycles. The molecular weight excluding hydrogens is 439 g/mol. The molecule has 1 N–H and O–H groups in total. The van der Waals surface area contributed by atoms with Crippen LogP contribution in [-0.4, -0.2) is 51.7 Å². The van der Waals surface area contributed by atoms with E-state index in [1.165, 1.54) is 29.2 Å². The molecule has 2 amide bonds. The van der Waals surface area contributed by atoms with Gasteiger partial charge in [0.25, 0.3) is 5.91 Å². The number of ether oxygens (including phenoxy) is 1. The molecular formula is C24H29FN6O3. The van der Waals surface area contributed by atoms with Gasteiger partial charge in [0.15, 0.2) is 0 Å². The lowest BCUT2D eigenvalue weighted by Crippen LogP contribution is -2.49. The van der Waals surface area contributed by atoms with E-state index in [4.69, 9.17) is 4.74 Å². The van der Waals surface area contributed by atoms with Crippen LogP contribution >= 0.6 is 0 Å². The van der Waals surface area contributed by atoms with Crippen LogP contribution in [0.25, 0.3) is 11.4 Å². The van der Waals surface area contributed by atoms with Gasteiger partial charge in [-0.05, 0) is 73.0 Å². The second kappa shape index (κ2) is 11.4. The Morgan fingerprint density at radius 1 is 1.09 bits per heavy atom. The van der Waals surface area contributed by atoms with Gasteiger partial charge in [-0.15, -0.1) is 10.2 Å². The first-order valence-corrected chi connectivity index (χ1v) is 11.1. The van der Waals surface area contributed by atoms with Crippen LogP contribution in [0, 0.1) is 11.7 Å². The summed E-state index contributed by atoms with van der Waals surface area (Å²) >= 11 is 0. The van der Waals surface area contributed by atoms with Gasteiger partial charge in [-0.3, -0.25) is 14.5 Å². The third-order valence-electron chi connectivity index (χ3n) is 5.24. The topological polar surface area (TPSA) is 102 Å². The van der Waals surface area contributed by atoms with Crippen molar-refractivity contribution in [3.63, 3.8) is 0 Å². The van der Waals surface area contributed by atoms with Gasteiger partial charge in [-0.2, -0.15) is 4.80 Å². The first kappa shape index (κ1) is 24.8. The van der Waals surface area contributed by atoms with Crippen molar-refractivity contribution < 1.29 is 18.7 Å². The lowest BCUT2D eigenvalue weighted by Gasteiger charge is -2.28. The lowest BCUT2D eigenvalue weighted by atomic mass is 10.1. The van der Waals surface area contributed by atoms with Crippen LogP contribution in [0.15, 0.2) is 48.5 Å². The highest BCUT2D eigenvalue weighted by atomic mass is 19.1. The van der Waals surface area contributed by atoms with E-state index in [2.05, 4.69) is 34.6 Å². The number of hydrogen-bond donors (Lipinski definition) is 1. The van der Waals surface area contributed by atoms with Crippen LogP contribution < -0.4 is 15.0 Å². The molecule has 0 radical (unpaired) electrons. The number of amides is 2. The lowest BCUT2D eigenvalue weighted by molar-refractivity contribution is -0.126. The molecule has 1 atom stereocenters. The van der Waals surface area contributed by atoms with Gasteiger partial charge in [0.05, 0.1) is 7.11 Å². The highest BCUT2D eigenvalue weighted by Gasteiger charge is 2.28. The van der Waals surface area contributed by atoms with Gasteiger partial charge in [-0.25, -0.2) is 4.39 Å². The van der Waals surface area contributed by atoms with E-state index in [-0.39, 0.29) is 30.0 Å². The molecule has 0 spiro atoms. The maximum absolute atomic E-state index is 13.3. The zero-order valence-corrected chi connectivity index (χ0v) is 19.7. The van der Waals surface area contributed by atoms with E-state index >= 15 is 0 Å². The van der Waals surface area contributed by atoms with Crippen LogP contribution in [0.2, 0.25) is 0 Å². The monoisotopic (exact) mass is 468 g/mol. The van der Waals surface area contributed by atoms with Crippen molar-refractivity contribution in [2.24, 2.45) is 5.92 Å². The first-order valence-electron chi connectivity index (χ1n) is 11.1. The van der Waals surface area contributed by atoms with E-state index in [9.17, 15) is 14.0 Å². The average Bonchev–Trinajstić information content (AvgIpc) is 3.28. The largest absolute Gasteiger partial charge is 0.497 e. The molecule has 1 heterocycles. The van der Waals surface area contributed by atoms with Gasteiger partial charge >= 0.3 is 0 Å². The molecule has 0 aliphatic rings. The molecule has 180 valence electrons. The Balaban J connectivity index is 1.80. The minimum absolute atomic E-state index is 0.232. The number of nitrogens with zero attached hydrogens (tertiary/aromatic N) is 5. The van der Waals surface area contributed by atoms with Gasteiger partial charge in [0, 0.05) is 17.8 Å². The third kappa shape index (κ3) is 6.37. The second-order valence-corrected chi connectivity index (χ2v) is 8.26. The Labute approximate surface area is 197 Å². The maximum Gasteiger partial charge on any atom is 0.251 e. The minimum atomic E-state index is -0.770. The molecule has 0 saturated heterocycles. The van der Waals surface area contributed by atoms with Gasteiger partial charge < -0.3 is 10.1 Å². The Bertz CT molecular complexity index is 1100. The number of nitrogens with one attached hydrogen (secondary N) is 1. The molecule has 0 aliphatic carbocycles. The molecule has 9 nitrogen and oxygen atoms in total. The van der Waals surface area contributed by atoms with Crippen LogP contribution in [0.1, 0.15) is 27.2 Å². The van der Waals surface area contributed by atoms with Crippen molar-refractivity contribution in [1.82, 2.24) is 25.5 Å². The fourth-order valence-corrected chi connectivity index (χ4v) is 3.30. The number of carbonyl (C=O) groups is 2. The molecule has 0 bridgehead atoms. The molecule has 0 saturated carbocycles. The Morgan fingerprint density at radius 3 is 2.38 bits per heavy atom. The number of rotatable bonds is 10. The van der Waals surface area contributed by atoms with Gasteiger partial charge in [-0.1, -0.05) is 13.8 Å². The van der Waals surface area contributed by atoms with Gasteiger partial charge in [0.1, 0.15) is 24.2 Å². The first-order chi connectivity index (χ1) is 16.3. The van der Waals surface area contributed by atoms with Crippen LogP contribution in [0.5, 0.6) is 5.75 Å². The quantitative estimate of drug-likeness (QED) is 0.491. The van der Waals surface area contributed by atoms with E-state index in [0.29, 0.717) is 29.5 Å². The van der Waals surface area contributed by atoms with Crippen molar-refractivity contribution in [3.05, 3.63) is 54.3 Å². The zero-order valence-electron chi connectivity index (χ0n) is 19.7. The van der Waals surface area contributed by atoms with Crippen LogP contribution in [0.3, 0.4) is 0 Å². The van der Waals surface area contributed by atoms with E-state index in [1.807, 2.05) is 0 Å². The number of anilines is 1. The maximum atomic E-state index is 13.3. The predicted octanol–water partition coefficient (Wildman–Crippen LogP) is 3.07. The standard InChI is InChI=1S/C24H29FN6O3/c1-16(2)13-14-26-24(33)17(3)31(20-9-11-21(34-4)12-10-20)22(32)15-30-28-23(27-29-30)18-5-7-19(25)8-6-18/h5-12,16-17H,13-15H2,1-4H3,(H,26,33)/t17-/m0/s1. The summed E-state index contributed by atoms with van der Waals surface area (Å²) < 4.78 is 18.4. The Kier molecular flexibility index (Phi) is 8.29. The summed E-state index contributed by atoms with van der Waals surface area (Å²) in [6.07, 6.45) is 0.837. The molecule has 3 aromatic rings. The summed E-state index contributed by atoms with van der Waals surface area (Å²) in [5.41, 5.74) is 1.11. The van der Waals surface area contributed by atoms with Crippen molar-refractivity contribution in [1.29, 1.82) is 0 Å². The fraction of sp³-hybridized carbons (Fsp3) is 0.375. The Morgan fingerprint density at radius 2 is 1.76 bits per heavy atom. The van der Waals surface area contributed by atoms with E-state index in [1.54, 1.807) is 38.3 Å². The third-order valence-corrected chi connectivity index (χ3v) is 5.24. The molecule has 0 fully saturated rings. The van der Waals surface area contributed by atoms with E-state index in [0.717, 1.165) is 11.2 Å². The SMILES string of the molecule is COc1ccc(N(C(=O)Cn2nnc(-c3ccc(F)cc3)n2)[C@@H](C)C(=O)NCCC(C)C)cc1. The summed E-state index contributed by atoms with van der Waals surface area (Å²) in [7, 11) is 1.55. The number of methoxy groups -OCH3 is 1. The normalized spacial score (nSPS) is 11.8. The number of tetrazole rings is 1. The summed E-state index contributed by atoms with van der Waals surface area (Å²) in [6, 6.07) is 11.8. The van der Waals surface area contributed by atoms with Gasteiger partial charge in [0.2, 0.25) is 11.7 Å². The average molecular weight is 469 g/mol. The van der Waals surface area contributed by atoms with Crippen molar-refractivity contribution >= 4 is 17.5 Å². The highest BCUT2D eigenvalue weighted by molar-refractivity contribution is 6.00.